The van der Waals surface area contributed by atoms with E-state index in [1.54, 1.807) is 0 Å². The van der Waals surface area contributed by atoms with E-state index in [1.807, 2.05) is 39.0 Å². The molecule has 0 saturated carbocycles. The third-order valence-electron chi connectivity index (χ3n) is 4.55. The number of benzene rings is 1. The molecule has 126 valence electrons. The van der Waals surface area contributed by atoms with E-state index < -0.39 is 5.41 Å². The monoisotopic (exact) mass is 316 g/mol. The quantitative estimate of drug-likeness (QED) is 0.846. The first kappa shape index (κ1) is 17.7. The highest BCUT2D eigenvalue weighted by molar-refractivity contribution is 5.98. The average Bonchev–Trinajstić information content (AvgIpc) is 2.90. The molecule has 0 spiro atoms. The number of nitrogens with one attached hydrogen (secondary N) is 1. The fourth-order valence-corrected chi connectivity index (χ4v) is 2.89. The van der Waals surface area contributed by atoms with Crippen LogP contribution >= 0.6 is 0 Å². The Morgan fingerprint density at radius 2 is 2.13 bits per heavy atom. The number of likely N-dealkylation sites (tertiary alicyclic amines) is 1. The van der Waals surface area contributed by atoms with Crippen LogP contribution in [0.2, 0.25) is 0 Å². The van der Waals surface area contributed by atoms with Gasteiger partial charge in [0.15, 0.2) is 6.29 Å². The lowest BCUT2D eigenvalue weighted by Gasteiger charge is -2.21. The van der Waals surface area contributed by atoms with Gasteiger partial charge < -0.3 is 10.2 Å². The van der Waals surface area contributed by atoms with E-state index in [-0.39, 0.29) is 5.91 Å². The minimum atomic E-state index is -0.481. The zero-order valence-corrected chi connectivity index (χ0v) is 14.7. The van der Waals surface area contributed by atoms with Crippen molar-refractivity contribution >= 4 is 17.9 Å². The largest absolute Gasteiger partial charge is 0.325 e. The van der Waals surface area contributed by atoms with Crippen LogP contribution in [0.3, 0.4) is 0 Å². The Hall–Kier alpha value is -1.68. The highest BCUT2D eigenvalue weighted by Crippen LogP contribution is 2.22. The smallest absolute Gasteiger partial charge is 0.229 e. The van der Waals surface area contributed by atoms with Gasteiger partial charge in [-0.25, -0.2) is 0 Å². The molecule has 1 saturated heterocycles. The number of hydrogen-bond donors (Lipinski definition) is 1. The van der Waals surface area contributed by atoms with E-state index in [2.05, 4.69) is 17.1 Å². The van der Waals surface area contributed by atoms with Crippen LogP contribution in [0.5, 0.6) is 0 Å². The van der Waals surface area contributed by atoms with Gasteiger partial charge in [0, 0.05) is 23.6 Å². The molecule has 0 radical (unpaired) electrons. The Morgan fingerprint density at radius 3 is 2.70 bits per heavy atom. The molecule has 1 aromatic rings. The van der Waals surface area contributed by atoms with Gasteiger partial charge in [-0.3, -0.25) is 9.59 Å². The molecule has 1 fully saturated rings. The predicted octanol–water partition coefficient (Wildman–Crippen LogP) is 3.51. The zero-order chi connectivity index (χ0) is 17.0. The van der Waals surface area contributed by atoms with E-state index in [4.69, 9.17) is 0 Å². The van der Waals surface area contributed by atoms with E-state index in [1.165, 1.54) is 19.4 Å². The van der Waals surface area contributed by atoms with Crippen molar-refractivity contribution in [3.63, 3.8) is 0 Å². The molecule has 2 rings (SSSR count). The Balaban J connectivity index is 2.04. The van der Waals surface area contributed by atoms with Crippen LogP contribution in [0, 0.1) is 5.41 Å². The molecule has 1 amide bonds. The number of aldehydes is 1. The molecule has 1 atom stereocenters. The predicted molar refractivity (Wildman–Crippen MR) is 93.9 cm³/mol. The SMILES string of the molecule is C[C@@H]1CCCN1CCc1ccc(NC(=O)C(C)(C)C)c(C=O)c1. The van der Waals surface area contributed by atoms with Crippen molar-refractivity contribution < 1.29 is 9.59 Å². The minimum absolute atomic E-state index is 0.0840. The van der Waals surface area contributed by atoms with E-state index in [9.17, 15) is 9.59 Å². The summed E-state index contributed by atoms with van der Waals surface area (Å²) in [6.45, 7) is 10.0. The maximum absolute atomic E-state index is 12.1. The summed E-state index contributed by atoms with van der Waals surface area (Å²) in [6.07, 6.45) is 4.30. The van der Waals surface area contributed by atoms with Crippen molar-refractivity contribution in [2.75, 3.05) is 18.4 Å². The molecule has 1 aliphatic heterocycles. The number of anilines is 1. The van der Waals surface area contributed by atoms with Crippen molar-refractivity contribution in [2.45, 2.75) is 53.0 Å². The second-order valence-corrected chi connectivity index (χ2v) is 7.52. The Bertz CT molecular complexity index is 575. The lowest BCUT2D eigenvalue weighted by atomic mass is 9.95. The van der Waals surface area contributed by atoms with Crippen LogP contribution in [0.1, 0.15) is 56.5 Å². The van der Waals surface area contributed by atoms with Crippen molar-refractivity contribution in [3.8, 4) is 0 Å². The van der Waals surface area contributed by atoms with Gasteiger partial charge in [0.25, 0.3) is 0 Å². The van der Waals surface area contributed by atoms with E-state index in [0.717, 1.165) is 24.8 Å². The van der Waals surface area contributed by atoms with Gasteiger partial charge in [0.1, 0.15) is 0 Å². The highest BCUT2D eigenvalue weighted by atomic mass is 16.2. The summed E-state index contributed by atoms with van der Waals surface area (Å²) in [6, 6.07) is 6.40. The van der Waals surface area contributed by atoms with Gasteiger partial charge in [-0.1, -0.05) is 26.8 Å². The van der Waals surface area contributed by atoms with Gasteiger partial charge in [0.2, 0.25) is 5.91 Å². The van der Waals surface area contributed by atoms with Gasteiger partial charge in [0.05, 0.1) is 5.69 Å². The Kier molecular flexibility index (Phi) is 5.58. The van der Waals surface area contributed by atoms with Crippen LogP contribution in [-0.2, 0) is 11.2 Å². The zero-order valence-electron chi connectivity index (χ0n) is 14.7. The normalized spacial score (nSPS) is 18.9. The molecule has 0 unspecified atom stereocenters. The van der Waals surface area contributed by atoms with Crippen LogP contribution in [0.25, 0.3) is 0 Å². The summed E-state index contributed by atoms with van der Waals surface area (Å²) in [5, 5.41) is 2.85. The second kappa shape index (κ2) is 7.26. The van der Waals surface area contributed by atoms with Crippen molar-refractivity contribution in [3.05, 3.63) is 29.3 Å². The summed E-state index contributed by atoms with van der Waals surface area (Å²) in [7, 11) is 0. The first-order valence-electron chi connectivity index (χ1n) is 8.45. The molecule has 0 bridgehead atoms. The molecule has 1 heterocycles. The molecule has 1 aliphatic rings. The molecule has 0 aliphatic carbocycles. The highest BCUT2D eigenvalue weighted by Gasteiger charge is 2.22. The standard InChI is InChI=1S/C19H28N2O2/c1-14-6-5-10-21(14)11-9-15-7-8-17(16(12-15)13-22)20-18(23)19(2,3)4/h7-8,12-14H,5-6,9-11H2,1-4H3,(H,20,23)/t14-/m1/s1. The topological polar surface area (TPSA) is 49.4 Å². The van der Waals surface area contributed by atoms with Crippen molar-refractivity contribution in [1.29, 1.82) is 0 Å². The summed E-state index contributed by atoms with van der Waals surface area (Å²) in [4.78, 5) is 25.9. The number of carbonyl (C=O) groups excluding carboxylic acids is 2. The number of rotatable bonds is 5. The number of carbonyl (C=O) groups is 2. The van der Waals surface area contributed by atoms with Crippen molar-refractivity contribution in [2.24, 2.45) is 5.41 Å². The first-order chi connectivity index (χ1) is 10.8. The fourth-order valence-electron chi connectivity index (χ4n) is 2.89. The van der Waals surface area contributed by atoms with E-state index in [0.29, 0.717) is 17.3 Å². The second-order valence-electron chi connectivity index (χ2n) is 7.52. The maximum atomic E-state index is 12.1. The van der Waals surface area contributed by atoms with Crippen LogP contribution in [0.15, 0.2) is 18.2 Å². The molecular formula is C19H28N2O2. The molecular weight excluding hydrogens is 288 g/mol. The lowest BCUT2D eigenvalue weighted by Crippen LogP contribution is -2.29. The van der Waals surface area contributed by atoms with E-state index >= 15 is 0 Å². The Morgan fingerprint density at radius 1 is 1.39 bits per heavy atom. The molecule has 4 heteroatoms. The van der Waals surface area contributed by atoms with Crippen LogP contribution in [0.4, 0.5) is 5.69 Å². The molecule has 1 N–H and O–H groups in total. The van der Waals surface area contributed by atoms with Crippen LogP contribution in [-0.4, -0.2) is 36.2 Å². The summed E-state index contributed by atoms with van der Waals surface area (Å²) < 4.78 is 0. The molecule has 4 nitrogen and oxygen atoms in total. The maximum Gasteiger partial charge on any atom is 0.229 e. The summed E-state index contributed by atoms with van der Waals surface area (Å²) in [5.41, 5.74) is 1.80. The summed E-state index contributed by atoms with van der Waals surface area (Å²) in [5.74, 6) is -0.0840. The average molecular weight is 316 g/mol. The van der Waals surface area contributed by atoms with Gasteiger partial charge in [-0.05, 0) is 50.4 Å². The number of hydrogen-bond acceptors (Lipinski definition) is 3. The first-order valence-corrected chi connectivity index (χ1v) is 8.45. The fraction of sp³-hybridized carbons (Fsp3) is 0.579. The number of nitrogens with zero attached hydrogens (tertiary/aromatic N) is 1. The Labute approximate surface area is 139 Å². The summed E-state index contributed by atoms with van der Waals surface area (Å²) >= 11 is 0. The third-order valence-corrected chi connectivity index (χ3v) is 4.55. The van der Waals surface area contributed by atoms with Gasteiger partial charge in [-0.2, -0.15) is 0 Å². The molecule has 1 aromatic carbocycles. The van der Waals surface area contributed by atoms with Crippen LogP contribution < -0.4 is 5.32 Å². The van der Waals surface area contributed by atoms with Gasteiger partial charge >= 0.3 is 0 Å². The molecule has 23 heavy (non-hydrogen) atoms. The number of amides is 1. The van der Waals surface area contributed by atoms with Crippen molar-refractivity contribution in [1.82, 2.24) is 4.90 Å². The minimum Gasteiger partial charge on any atom is -0.325 e. The van der Waals surface area contributed by atoms with Gasteiger partial charge in [-0.15, -0.1) is 0 Å². The molecule has 0 aromatic heterocycles. The third kappa shape index (κ3) is 4.64. The lowest BCUT2D eigenvalue weighted by molar-refractivity contribution is -0.123.